The molecular formula is C14H10Br2ClFO. The van der Waals surface area contributed by atoms with Crippen LogP contribution in [0.15, 0.2) is 45.3 Å². The van der Waals surface area contributed by atoms with Crippen molar-refractivity contribution in [1.29, 1.82) is 0 Å². The van der Waals surface area contributed by atoms with Gasteiger partial charge in [0, 0.05) is 10.0 Å². The molecule has 1 unspecified atom stereocenters. The maximum Gasteiger partial charge on any atom is 0.133 e. The number of rotatable bonds is 3. The molecule has 1 atom stereocenters. The zero-order chi connectivity index (χ0) is 14.0. The van der Waals surface area contributed by atoms with Gasteiger partial charge in [-0.1, -0.05) is 22.0 Å². The summed E-state index contributed by atoms with van der Waals surface area (Å²) in [6.07, 6.45) is 0. The lowest BCUT2D eigenvalue weighted by Gasteiger charge is -2.13. The van der Waals surface area contributed by atoms with Crippen LogP contribution in [0.5, 0.6) is 5.75 Å². The van der Waals surface area contributed by atoms with E-state index in [-0.39, 0.29) is 5.82 Å². The van der Waals surface area contributed by atoms with Crippen LogP contribution in [-0.4, -0.2) is 7.11 Å². The Morgan fingerprint density at radius 1 is 1.16 bits per heavy atom. The second-order valence-electron chi connectivity index (χ2n) is 3.92. The Kier molecular flexibility index (Phi) is 4.87. The minimum atomic E-state index is -0.556. The zero-order valence-corrected chi connectivity index (χ0v) is 13.9. The molecule has 0 aliphatic carbocycles. The van der Waals surface area contributed by atoms with Gasteiger partial charge in [0.1, 0.15) is 11.6 Å². The maximum absolute atomic E-state index is 13.8. The first kappa shape index (κ1) is 14.8. The summed E-state index contributed by atoms with van der Waals surface area (Å²) in [6.45, 7) is 0. The van der Waals surface area contributed by atoms with E-state index in [1.54, 1.807) is 25.3 Å². The Labute approximate surface area is 133 Å². The van der Waals surface area contributed by atoms with Crippen LogP contribution in [-0.2, 0) is 0 Å². The molecule has 0 fully saturated rings. The van der Waals surface area contributed by atoms with Crippen LogP contribution >= 0.6 is 43.5 Å². The van der Waals surface area contributed by atoms with Gasteiger partial charge in [-0.25, -0.2) is 4.39 Å². The van der Waals surface area contributed by atoms with E-state index in [0.29, 0.717) is 11.3 Å². The molecule has 19 heavy (non-hydrogen) atoms. The predicted molar refractivity (Wildman–Crippen MR) is 82.5 cm³/mol. The molecule has 2 aromatic rings. The molecule has 0 aliphatic rings. The van der Waals surface area contributed by atoms with Crippen molar-refractivity contribution in [1.82, 2.24) is 0 Å². The molecule has 2 rings (SSSR count). The van der Waals surface area contributed by atoms with E-state index < -0.39 is 5.38 Å². The van der Waals surface area contributed by atoms with E-state index in [0.717, 1.165) is 14.5 Å². The SMILES string of the molecule is COc1ccc(C(Cl)c2cc(Br)ccc2F)cc1Br. The third-order valence-electron chi connectivity index (χ3n) is 2.70. The van der Waals surface area contributed by atoms with Crippen molar-refractivity contribution in [3.63, 3.8) is 0 Å². The van der Waals surface area contributed by atoms with Crippen LogP contribution in [0.4, 0.5) is 4.39 Å². The molecule has 0 bridgehead atoms. The predicted octanol–water partition coefficient (Wildman–Crippen LogP) is 5.69. The van der Waals surface area contributed by atoms with Crippen molar-refractivity contribution in [3.8, 4) is 5.75 Å². The molecule has 0 radical (unpaired) electrons. The van der Waals surface area contributed by atoms with Crippen molar-refractivity contribution in [2.45, 2.75) is 5.38 Å². The summed E-state index contributed by atoms with van der Waals surface area (Å²) < 4.78 is 20.5. The van der Waals surface area contributed by atoms with Crippen LogP contribution in [0.3, 0.4) is 0 Å². The minimum absolute atomic E-state index is 0.324. The van der Waals surface area contributed by atoms with Crippen LogP contribution in [0.1, 0.15) is 16.5 Å². The first-order valence-electron chi connectivity index (χ1n) is 5.45. The molecule has 0 spiro atoms. The van der Waals surface area contributed by atoms with Gasteiger partial charge in [0.15, 0.2) is 0 Å². The van der Waals surface area contributed by atoms with Gasteiger partial charge in [0.05, 0.1) is 17.0 Å². The molecule has 5 heteroatoms. The summed E-state index contributed by atoms with van der Waals surface area (Å²) >= 11 is 13.1. The van der Waals surface area contributed by atoms with Gasteiger partial charge in [0.2, 0.25) is 0 Å². The quantitative estimate of drug-likeness (QED) is 0.593. The summed E-state index contributed by atoms with van der Waals surface area (Å²) in [5, 5.41) is -0.556. The number of benzene rings is 2. The van der Waals surface area contributed by atoms with Crippen molar-refractivity contribution >= 4 is 43.5 Å². The van der Waals surface area contributed by atoms with Crippen LogP contribution in [0.25, 0.3) is 0 Å². The van der Waals surface area contributed by atoms with Crippen molar-refractivity contribution in [2.75, 3.05) is 7.11 Å². The number of halogens is 4. The van der Waals surface area contributed by atoms with Gasteiger partial charge < -0.3 is 4.74 Å². The highest BCUT2D eigenvalue weighted by Crippen LogP contribution is 2.35. The molecule has 0 aliphatic heterocycles. The number of methoxy groups -OCH3 is 1. The summed E-state index contributed by atoms with van der Waals surface area (Å²) in [4.78, 5) is 0. The highest BCUT2D eigenvalue weighted by Gasteiger charge is 2.17. The summed E-state index contributed by atoms with van der Waals surface area (Å²) in [5.74, 6) is 0.387. The molecule has 0 aromatic heterocycles. The summed E-state index contributed by atoms with van der Waals surface area (Å²) in [6, 6.07) is 10.2. The second kappa shape index (κ2) is 6.25. The van der Waals surface area contributed by atoms with Gasteiger partial charge in [0.25, 0.3) is 0 Å². The molecule has 0 saturated heterocycles. The Morgan fingerprint density at radius 3 is 2.53 bits per heavy atom. The van der Waals surface area contributed by atoms with E-state index in [1.807, 2.05) is 12.1 Å². The average molecular weight is 408 g/mol. The van der Waals surface area contributed by atoms with E-state index in [9.17, 15) is 4.39 Å². The van der Waals surface area contributed by atoms with Gasteiger partial charge in [-0.05, 0) is 51.8 Å². The van der Waals surface area contributed by atoms with Crippen molar-refractivity contribution < 1.29 is 9.13 Å². The first-order chi connectivity index (χ1) is 9.02. The van der Waals surface area contributed by atoms with Gasteiger partial charge >= 0.3 is 0 Å². The van der Waals surface area contributed by atoms with Crippen molar-refractivity contribution in [3.05, 3.63) is 62.3 Å². The average Bonchev–Trinajstić information content (AvgIpc) is 2.40. The fourth-order valence-electron chi connectivity index (χ4n) is 1.73. The molecule has 1 nitrogen and oxygen atoms in total. The van der Waals surface area contributed by atoms with Gasteiger partial charge in [-0.2, -0.15) is 0 Å². The molecule has 0 heterocycles. The van der Waals surface area contributed by atoms with E-state index >= 15 is 0 Å². The molecule has 2 aromatic carbocycles. The number of hydrogen-bond donors (Lipinski definition) is 0. The Morgan fingerprint density at radius 2 is 1.89 bits per heavy atom. The Balaban J connectivity index is 2.41. The van der Waals surface area contributed by atoms with E-state index in [4.69, 9.17) is 16.3 Å². The third kappa shape index (κ3) is 3.30. The van der Waals surface area contributed by atoms with Crippen LogP contribution in [0.2, 0.25) is 0 Å². The van der Waals surface area contributed by atoms with Gasteiger partial charge in [-0.3, -0.25) is 0 Å². The van der Waals surface area contributed by atoms with E-state index in [2.05, 4.69) is 31.9 Å². The fraction of sp³-hybridized carbons (Fsp3) is 0.143. The lowest BCUT2D eigenvalue weighted by atomic mass is 10.0. The highest BCUT2D eigenvalue weighted by atomic mass is 79.9. The van der Waals surface area contributed by atoms with Gasteiger partial charge in [-0.15, -0.1) is 11.6 Å². The summed E-state index contributed by atoms with van der Waals surface area (Å²) in [7, 11) is 1.59. The monoisotopic (exact) mass is 406 g/mol. The normalized spacial score (nSPS) is 12.3. The molecular weight excluding hydrogens is 398 g/mol. The van der Waals surface area contributed by atoms with Crippen LogP contribution in [0, 0.1) is 5.82 Å². The molecule has 0 saturated carbocycles. The molecule has 0 N–H and O–H groups in total. The number of ether oxygens (including phenoxy) is 1. The topological polar surface area (TPSA) is 9.23 Å². The van der Waals surface area contributed by atoms with Crippen molar-refractivity contribution in [2.24, 2.45) is 0 Å². The molecule has 0 amide bonds. The lowest BCUT2D eigenvalue weighted by Crippen LogP contribution is -1.98. The Bertz CT molecular complexity index is 604. The molecule has 100 valence electrons. The largest absolute Gasteiger partial charge is 0.496 e. The first-order valence-corrected chi connectivity index (χ1v) is 7.47. The second-order valence-corrected chi connectivity index (χ2v) is 6.13. The number of alkyl halides is 1. The smallest absolute Gasteiger partial charge is 0.133 e. The lowest BCUT2D eigenvalue weighted by molar-refractivity contribution is 0.412. The van der Waals surface area contributed by atoms with E-state index in [1.165, 1.54) is 6.07 Å². The summed E-state index contributed by atoms with van der Waals surface area (Å²) in [5.41, 5.74) is 1.24. The highest BCUT2D eigenvalue weighted by molar-refractivity contribution is 9.10. The third-order valence-corrected chi connectivity index (χ3v) is 4.30. The zero-order valence-electron chi connectivity index (χ0n) is 9.96. The standard InChI is InChI=1S/C14H10Br2ClFO/c1-19-13-5-2-8(6-11(13)16)14(17)10-7-9(15)3-4-12(10)18/h2-7,14H,1H3. The fourth-order valence-corrected chi connectivity index (χ4v) is 2.97. The minimum Gasteiger partial charge on any atom is -0.496 e. The van der Waals surface area contributed by atoms with Crippen LogP contribution < -0.4 is 4.74 Å². The number of hydrogen-bond acceptors (Lipinski definition) is 1. The Hall–Kier alpha value is -0.580. The maximum atomic E-state index is 13.8.